The summed E-state index contributed by atoms with van der Waals surface area (Å²) in [5.74, 6) is -0.441. The van der Waals surface area contributed by atoms with Gasteiger partial charge in [0.15, 0.2) is 5.78 Å². The molecule has 3 aromatic rings. The lowest BCUT2D eigenvalue weighted by atomic mass is 10.0. The van der Waals surface area contributed by atoms with Gasteiger partial charge in [-0.15, -0.1) is 0 Å². The van der Waals surface area contributed by atoms with Crippen LogP contribution in [-0.4, -0.2) is 22.8 Å². The molecule has 2 heterocycles. The van der Waals surface area contributed by atoms with E-state index in [0.29, 0.717) is 17.9 Å². The highest BCUT2D eigenvalue weighted by molar-refractivity contribution is 6.02. The number of carbonyl (C=O) groups is 2. The molecule has 0 spiro atoms. The lowest BCUT2D eigenvalue weighted by Crippen LogP contribution is -2.07. The van der Waals surface area contributed by atoms with Crippen molar-refractivity contribution < 1.29 is 14.3 Å². The standard InChI is InChI=1S/C19H17NO3/c1-3-23-19(22)15-9-10-16-11-17(14-7-5-4-6-8-14)18(13(2)21)20(16)12-15/h4-12H,3H2,1-2H3. The van der Waals surface area contributed by atoms with Crippen LogP contribution >= 0.6 is 0 Å². The fraction of sp³-hybridized carbons (Fsp3) is 0.158. The van der Waals surface area contributed by atoms with Gasteiger partial charge in [0.2, 0.25) is 0 Å². The Morgan fingerprint density at radius 2 is 1.83 bits per heavy atom. The third kappa shape index (κ3) is 2.75. The maximum Gasteiger partial charge on any atom is 0.339 e. The molecule has 116 valence electrons. The van der Waals surface area contributed by atoms with Crippen molar-refractivity contribution in [3.8, 4) is 11.1 Å². The van der Waals surface area contributed by atoms with E-state index in [9.17, 15) is 9.59 Å². The number of nitrogens with zero attached hydrogens (tertiary/aromatic N) is 1. The zero-order valence-electron chi connectivity index (χ0n) is 13.1. The van der Waals surface area contributed by atoms with E-state index in [2.05, 4.69) is 0 Å². The quantitative estimate of drug-likeness (QED) is 0.541. The maximum absolute atomic E-state index is 12.2. The van der Waals surface area contributed by atoms with Gasteiger partial charge in [-0.2, -0.15) is 0 Å². The molecule has 3 rings (SSSR count). The Balaban J connectivity index is 2.22. The molecule has 0 unspecified atom stereocenters. The van der Waals surface area contributed by atoms with Crippen LogP contribution in [0.3, 0.4) is 0 Å². The number of esters is 1. The number of benzene rings is 1. The first kappa shape index (κ1) is 15.0. The molecule has 0 radical (unpaired) electrons. The summed E-state index contributed by atoms with van der Waals surface area (Å²) in [4.78, 5) is 24.1. The minimum Gasteiger partial charge on any atom is -0.462 e. The predicted octanol–water partition coefficient (Wildman–Crippen LogP) is 3.99. The van der Waals surface area contributed by atoms with Crippen LogP contribution < -0.4 is 0 Å². The maximum atomic E-state index is 12.2. The molecule has 0 aliphatic heterocycles. The number of fused-ring (bicyclic) bond motifs is 1. The second-order valence-electron chi connectivity index (χ2n) is 5.26. The molecule has 0 saturated carbocycles. The summed E-state index contributed by atoms with van der Waals surface area (Å²) in [6, 6.07) is 15.2. The molecule has 1 aromatic carbocycles. The molecule has 0 aliphatic rings. The number of Topliss-reactive ketones (excluding diaryl/α,β-unsaturated/α-hetero) is 1. The minimum absolute atomic E-state index is 0.0511. The molecule has 4 heteroatoms. The summed E-state index contributed by atoms with van der Waals surface area (Å²) in [7, 11) is 0. The summed E-state index contributed by atoms with van der Waals surface area (Å²) >= 11 is 0. The van der Waals surface area contributed by atoms with E-state index in [1.807, 2.05) is 42.5 Å². The third-order valence-corrected chi connectivity index (χ3v) is 3.70. The summed E-state index contributed by atoms with van der Waals surface area (Å²) in [6.45, 7) is 3.61. The fourth-order valence-electron chi connectivity index (χ4n) is 2.70. The molecular formula is C19H17NO3. The highest BCUT2D eigenvalue weighted by Gasteiger charge is 2.17. The second kappa shape index (κ2) is 6.08. The van der Waals surface area contributed by atoms with E-state index in [1.54, 1.807) is 23.6 Å². The largest absolute Gasteiger partial charge is 0.462 e. The first-order valence-electron chi connectivity index (χ1n) is 7.50. The molecule has 2 aromatic heterocycles. The molecule has 23 heavy (non-hydrogen) atoms. The van der Waals surface area contributed by atoms with E-state index in [-0.39, 0.29) is 11.8 Å². The number of aromatic nitrogens is 1. The zero-order valence-corrected chi connectivity index (χ0v) is 13.1. The number of hydrogen-bond donors (Lipinski definition) is 0. The monoisotopic (exact) mass is 307 g/mol. The first-order chi connectivity index (χ1) is 11.1. The van der Waals surface area contributed by atoms with Crippen LogP contribution in [0.4, 0.5) is 0 Å². The minimum atomic E-state index is -0.390. The molecular weight excluding hydrogens is 290 g/mol. The lowest BCUT2D eigenvalue weighted by molar-refractivity contribution is 0.0525. The molecule has 0 atom stereocenters. The van der Waals surface area contributed by atoms with Gasteiger partial charge in [0.05, 0.1) is 17.9 Å². The number of ketones is 1. The number of pyridine rings is 1. The normalized spacial score (nSPS) is 10.7. The molecule has 0 aliphatic carbocycles. The van der Waals surface area contributed by atoms with Gasteiger partial charge in [-0.25, -0.2) is 4.79 Å². The highest BCUT2D eigenvalue weighted by atomic mass is 16.5. The smallest absolute Gasteiger partial charge is 0.339 e. The Hall–Kier alpha value is -2.88. The van der Waals surface area contributed by atoms with Gasteiger partial charge >= 0.3 is 5.97 Å². The van der Waals surface area contributed by atoms with E-state index in [0.717, 1.165) is 16.6 Å². The van der Waals surface area contributed by atoms with E-state index < -0.39 is 0 Å². The van der Waals surface area contributed by atoms with Crippen LogP contribution in [0.25, 0.3) is 16.6 Å². The van der Waals surface area contributed by atoms with Crippen LogP contribution in [0.15, 0.2) is 54.7 Å². The van der Waals surface area contributed by atoms with E-state index in [4.69, 9.17) is 4.74 Å². The molecule has 4 nitrogen and oxygen atoms in total. The average molecular weight is 307 g/mol. The number of hydrogen-bond acceptors (Lipinski definition) is 3. The van der Waals surface area contributed by atoms with Gasteiger partial charge in [-0.05, 0) is 30.7 Å². The van der Waals surface area contributed by atoms with Crippen LogP contribution in [0.1, 0.15) is 34.7 Å². The van der Waals surface area contributed by atoms with Gasteiger partial charge in [-0.3, -0.25) is 4.79 Å². The molecule has 0 fully saturated rings. The van der Waals surface area contributed by atoms with E-state index >= 15 is 0 Å². The van der Waals surface area contributed by atoms with Crippen molar-refractivity contribution in [3.05, 3.63) is 66.0 Å². The zero-order chi connectivity index (χ0) is 16.4. The van der Waals surface area contributed by atoms with E-state index in [1.165, 1.54) is 6.92 Å². The van der Waals surface area contributed by atoms with Gasteiger partial charge < -0.3 is 9.14 Å². The Kier molecular flexibility index (Phi) is 3.98. The first-order valence-corrected chi connectivity index (χ1v) is 7.50. The van der Waals surface area contributed by atoms with Crippen molar-refractivity contribution in [2.24, 2.45) is 0 Å². The van der Waals surface area contributed by atoms with Crippen molar-refractivity contribution in [2.75, 3.05) is 6.61 Å². The Labute approximate surface area is 134 Å². The number of rotatable bonds is 4. The predicted molar refractivity (Wildman–Crippen MR) is 88.8 cm³/mol. The Bertz CT molecular complexity index is 878. The number of carbonyl (C=O) groups excluding carboxylic acids is 2. The lowest BCUT2D eigenvalue weighted by Gasteiger charge is -2.06. The topological polar surface area (TPSA) is 47.8 Å². The summed E-state index contributed by atoms with van der Waals surface area (Å²) in [5, 5.41) is 0. The molecule has 0 saturated heterocycles. The van der Waals surface area contributed by atoms with Crippen molar-refractivity contribution in [2.45, 2.75) is 13.8 Å². The van der Waals surface area contributed by atoms with Crippen molar-refractivity contribution in [1.82, 2.24) is 4.40 Å². The van der Waals surface area contributed by atoms with Crippen LogP contribution in [0.5, 0.6) is 0 Å². The average Bonchev–Trinajstić information content (AvgIpc) is 2.94. The molecule has 0 bridgehead atoms. The molecule has 0 N–H and O–H groups in total. The van der Waals surface area contributed by atoms with Crippen LogP contribution in [-0.2, 0) is 4.74 Å². The van der Waals surface area contributed by atoms with Crippen molar-refractivity contribution in [1.29, 1.82) is 0 Å². The van der Waals surface area contributed by atoms with Gasteiger partial charge in [-0.1, -0.05) is 30.3 Å². The summed E-state index contributed by atoms with van der Waals surface area (Å²) in [5.41, 5.74) is 3.69. The van der Waals surface area contributed by atoms with Crippen molar-refractivity contribution >= 4 is 17.3 Å². The highest BCUT2D eigenvalue weighted by Crippen LogP contribution is 2.28. The van der Waals surface area contributed by atoms with Gasteiger partial charge in [0.1, 0.15) is 0 Å². The second-order valence-corrected chi connectivity index (χ2v) is 5.26. The Morgan fingerprint density at radius 1 is 1.09 bits per heavy atom. The number of ether oxygens (including phenoxy) is 1. The van der Waals surface area contributed by atoms with Crippen LogP contribution in [0, 0.1) is 0 Å². The van der Waals surface area contributed by atoms with Crippen LogP contribution in [0.2, 0.25) is 0 Å². The summed E-state index contributed by atoms with van der Waals surface area (Å²) in [6.07, 6.45) is 1.66. The fourth-order valence-corrected chi connectivity index (χ4v) is 2.70. The van der Waals surface area contributed by atoms with Gasteiger partial charge in [0.25, 0.3) is 0 Å². The SMILES string of the molecule is CCOC(=O)c1ccc2cc(-c3ccccc3)c(C(C)=O)n2c1. The Morgan fingerprint density at radius 3 is 2.48 bits per heavy atom. The van der Waals surface area contributed by atoms with Gasteiger partial charge in [0, 0.05) is 24.2 Å². The third-order valence-electron chi connectivity index (χ3n) is 3.70. The summed E-state index contributed by atoms with van der Waals surface area (Å²) < 4.78 is 6.79. The molecule has 0 amide bonds. The van der Waals surface area contributed by atoms with Crippen molar-refractivity contribution in [3.63, 3.8) is 0 Å².